The Kier molecular flexibility index (Phi) is 4.84. The molecule has 0 saturated heterocycles. The molecule has 1 aliphatic rings. The number of aliphatic hydroxyl groups is 1. The second-order valence-electron chi connectivity index (χ2n) is 7.51. The molecule has 0 aliphatic heterocycles. The van der Waals surface area contributed by atoms with Crippen LogP contribution in [0.25, 0.3) is 0 Å². The lowest BCUT2D eigenvalue weighted by Crippen LogP contribution is -2.37. The molecule has 1 aromatic heterocycles. The highest BCUT2D eigenvalue weighted by atomic mass is 16.6. The van der Waals surface area contributed by atoms with Crippen molar-refractivity contribution in [1.82, 2.24) is 4.57 Å². The molecule has 1 aliphatic carbocycles. The van der Waals surface area contributed by atoms with Gasteiger partial charge in [-0.25, -0.2) is 4.79 Å². The number of carbonyl (C=O) groups is 1. The summed E-state index contributed by atoms with van der Waals surface area (Å²) in [5.74, 6) is 0. The number of amides is 1. The summed E-state index contributed by atoms with van der Waals surface area (Å²) in [6, 6.07) is 3.22. The van der Waals surface area contributed by atoms with Crippen LogP contribution in [0, 0.1) is 0 Å². The van der Waals surface area contributed by atoms with E-state index in [1.165, 1.54) is 0 Å². The van der Waals surface area contributed by atoms with E-state index in [2.05, 4.69) is 5.32 Å². The van der Waals surface area contributed by atoms with Gasteiger partial charge in [-0.3, -0.25) is 10.1 Å². The van der Waals surface area contributed by atoms with Crippen molar-refractivity contribution in [3.63, 3.8) is 0 Å². The number of rotatable bonds is 2. The molecule has 1 fully saturated rings. The number of hydrogen-bond donors (Lipinski definition) is 2. The van der Waals surface area contributed by atoms with Crippen LogP contribution in [0.1, 0.15) is 59.4 Å². The molecule has 0 spiro atoms. The molecule has 6 heteroatoms. The zero-order valence-corrected chi connectivity index (χ0v) is 14.3. The fourth-order valence-electron chi connectivity index (χ4n) is 2.97. The molecule has 1 aromatic rings. The lowest BCUT2D eigenvalue weighted by atomic mass is 9.83. The Morgan fingerprint density at radius 1 is 1.48 bits per heavy atom. The summed E-state index contributed by atoms with van der Waals surface area (Å²) in [6.07, 6.45) is 4.04. The highest BCUT2D eigenvalue weighted by molar-refractivity contribution is 5.84. The van der Waals surface area contributed by atoms with Crippen molar-refractivity contribution in [3.8, 4) is 0 Å². The predicted molar refractivity (Wildman–Crippen MR) is 88.7 cm³/mol. The summed E-state index contributed by atoms with van der Waals surface area (Å²) < 4.78 is 6.77. The minimum Gasteiger partial charge on any atom is -0.444 e. The van der Waals surface area contributed by atoms with Gasteiger partial charge in [0.25, 0.3) is 5.56 Å². The number of hydrogen-bond acceptors (Lipinski definition) is 4. The number of carbonyl (C=O) groups excluding carboxylic acids is 1. The molecule has 1 saturated carbocycles. The van der Waals surface area contributed by atoms with Gasteiger partial charge in [-0.05, 0) is 65.5 Å². The van der Waals surface area contributed by atoms with Crippen molar-refractivity contribution in [2.75, 3.05) is 5.32 Å². The second-order valence-corrected chi connectivity index (χ2v) is 7.51. The Hall–Kier alpha value is -1.82. The van der Waals surface area contributed by atoms with E-state index in [4.69, 9.17) is 4.74 Å². The van der Waals surface area contributed by atoms with Gasteiger partial charge < -0.3 is 14.4 Å². The van der Waals surface area contributed by atoms with Gasteiger partial charge in [0, 0.05) is 12.2 Å². The SMILES string of the molecule is CC(C)(C)OC(=O)Nc1cccn([C@H]2CCC[C@@](C)(O)C2)c1=O. The van der Waals surface area contributed by atoms with Gasteiger partial charge >= 0.3 is 6.09 Å². The first-order valence-corrected chi connectivity index (χ1v) is 8.01. The Labute approximate surface area is 136 Å². The lowest BCUT2D eigenvalue weighted by molar-refractivity contribution is 0.00332. The molecule has 0 aromatic carbocycles. The maximum atomic E-state index is 12.6. The smallest absolute Gasteiger partial charge is 0.412 e. The van der Waals surface area contributed by atoms with Gasteiger partial charge in [-0.2, -0.15) is 0 Å². The average molecular weight is 322 g/mol. The number of nitrogens with zero attached hydrogens (tertiary/aromatic N) is 1. The van der Waals surface area contributed by atoms with E-state index in [9.17, 15) is 14.7 Å². The fourth-order valence-corrected chi connectivity index (χ4v) is 2.97. The monoisotopic (exact) mass is 322 g/mol. The molecule has 23 heavy (non-hydrogen) atoms. The molecular formula is C17H26N2O4. The van der Waals surface area contributed by atoms with Gasteiger partial charge in [0.2, 0.25) is 0 Å². The summed E-state index contributed by atoms with van der Waals surface area (Å²) in [4.78, 5) is 24.4. The maximum Gasteiger partial charge on any atom is 0.412 e. The Morgan fingerprint density at radius 3 is 2.78 bits per heavy atom. The Balaban J connectivity index is 2.18. The molecule has 2 atom stereocenters. The van der Waals surface area contributed by atoms with Crippen LogP contribution in [0.15, 0.2) is 23.1 Å². The number of pyridine rings is 1. The van der Waals surface area contributed by atoms with E-state index in [1.807, 2.05) is 0 Å². The van der Waals surface area contributed by atoms with E-state index in [-0.39, 0.29) is 17.3 Å². The highest BCUT2D eigenvalue weighted by Crippen LogP contribution is 2.34. The van der Waals surface area contributed by atoms with Gasteiger partial charge in [-0.1, -0.05) is 0 Å². The minimum absolute atomic E-state index is 0.0633. The topological polar surface area (TPSA) is 80.6 Å². The average Bonchev–Trinajstić information content (AvgIpc) is 2.37. The third-order valence-electron chi connectivity index (χ3n) is 3.93. The summed E-state index contributed by atoms with van der Waals surface area (Å²) in [6.45, 7) is 7.09. The molecule has 2 N–H and O–H groups in total. The molecule has 0 unspecified atom stereocenters. The van der Waals surface area contributed by atoms with E-state index < -0.39 is 17.3 Å². The third-order valence-corrected chi connectivity index (χ3v) is 3.93. The quantitative estimate of drug-likeness (QED) is 0.877. The van der Waals surface area contributed by atoms with Crippen molar-refractivity contribution in [3.05, 3.63) is 28.7 Å². The van der Waals surface area contributed by atoms with Crippen LogP contribution in [0.3, 0.4) is 0 Å². The standard InChI is InChI=1S/C17H26N2O4/c1-16(2,3)23-15(21)18-13-8-6-10-19(14(13)20)12-7-5-9-17(4,22)11-12/h6,8,10,12,22H,5,7,9,11H2,1-4H3,(H,18,21)/t12-,17+/m0/s1. The molecule has 0 bridgehead atoms. The van der Waals surface area contributed by atoms with E-state index in [1.54, 1.807) is 50.6 Å². The normalized spacial score (nSPS) is 25.0. The van der Waals surface area contributed by atoms with Crippen molar-refractivity contribution >= 4 is 11.8 Å². The van der Waals surface area contributed by atoms with Crippen LogP contribution in [-0.4, -0.2) is 27.0 Å². The van der Waals surface area contributed by atoms with Crippen LogP contribution in [0.4, 0.5) is 10.5 Å². The van der Waals surface area contributed by atoms with Crippen molar-refractivity contribution in [2.45, 2.75) is 70.6 Å². The molecule has 1 heterocycles. The van der Waals surface area contributed by atoms with Crippen LogP contribution in [0.5, 0.6) is 0 Å². The van der Waals surface area contributed by atoms with Crippen LogP contribution >= 0.6 is 0 Å². The molecule has 1 amide bonds. The van der Waals surface area contributed by atoms with Crippen molar-refractivity contribution in [2.24, 2.45) is 0 Å². The zero-order valence-electron chi connectivity index (χ0n) is 14.3. The number of nitrogens with one attached hydrogen (secondary N) is 1. The first-order valence-electron chi connectivity index (χ1n) is 8.01. The minimum atomic E-state index is -0.753. The first kappa shape index (κ1) is 17.5. The Bertz CT molecular complexity index is 628. The third kappa shape index (κ3) is 4.82. The van der Waals surface area contributed by atoms with Gasteiger partial charge in [-0.15, -0.1) is 0 Å². The number of aromatic nitrogens is 1. The van der Waals surface area contributed by atoms with Crippen LogP contribution < -0.4 is 10.9 Å². The summed E-state index contributed by atoms with van der Waals surface area (Å²) in [7, 11) is 0. The first-order chi connectivity index (χ1) is 10.6. The van der Waals surface area contributed by atoms with Crippen LogP contribution in [-0.2, 0) is 4.74 Å². The van der Waals surface area contributed by atoms with E-state index in [0.717, 1.165) is 19.3 Å². The van der Waals surface area contributed by atoms with Crippen molar-refractivity contribution in [1.29, 1.82) is 0 Å². The van der Waals surface area contributed by atoms with Gasteiger partial charge in [0.1, 0.15) is 11.3 Å². The lowest BCUT2D eigenvalue weighted by Gasteiger charge is -2.34. The molecule has 6 nitrogen and oxygen atoms in total. The zero-order chi connectivity index (χ0) is 17.3. The van der Waals surface area contributed by atoms with E-state index in [0.29, 0.717) is 6.42 Å². The predicted octanol–water partition coefficient (Wildman–Crippen LogP) is 3.06. The summed E-state index contributed by atoms with van der Waals surface area (Å²) in [5.41, 5.74) is -1.47. The van der Waals surface area contributed by atoms with Crippen molar-refractivity contribution < 1.29 is 14.6 Å². The molecule has 128 valence electrons. The second kappa shape index (κ2) is 6.35. The number of anilines is 1. The van der Waals surface area contributed by atoms with E-state index >= 15 is 0 Å². The number of ether oxygens (including phenoxy) is 1. The van der Waals surface area contributed by atoms with Gasteiger partial charge in [0.15, 0.2) is 0 Å². The molecular weight excluding hydrogens is 296 g/mol. The molecule has 2 rings (SSSR count). The largest absolute Gasteiger partial charge is 0.444 e. The molecule has 0 radical (unpaired) electrons. The van der Waals surface area contributed by atoms with Crippen LogP contribution in [0.2, 0.25) is 0 Å². The van der Waals surface area contributed by atoms with Gasteiger partial charge in [0.05, 0.1) is 5.60 Å². The fraction of sp³-hybridized carbons (Fsp3) is 0.647. The highest BCUT2D eigenvalue weighted by Gasteiger charge is 2.31. The summed E-state index contributed by atoms with van der Waals surface area (Å²) in [5, 5.41) is 12.7. The Morgan fingerprint density at radius 2 is 2.17 bits per heavy atom. The summed E-state index contributed by atoms with van der Waals surface area (Å²) >= 11 is 0. The maximum absolute atomic E-state index is 12.6.